The number of benzene rings is 1. The third-order valence-corrected chi connectivity index (χ3v) is 7.53. The zero-order valence-electron chi connectivity index (χ0n) is 22.4. The lowest BCUT2D eigenvalue weighted by molar-refractivity contribution is -0.132. The first-order valence-corrected chi connectivity index (χ1v) is 13.5. The number of aromatic nitrogens is 4. The van der Waals surface area contributed by atoms with Crippen LogP contribution in [0.15, 0.2) is 60.8 Å². The van der Waals surface area contributed by atoms with Crippen molar-refractivity contribution < 1.29 is 9.18 Å². The smallest absolute Gasteiger partial charge is 0.236 e. The molecule has 1 unspecified atom stereocenters. The molecular formula is C29H33FN8O. The highest BCUT2D eigenvalue weighted by Gasteiger charge is 2.28. The van der Waals surface area contributed by atoms with E-state index in [0.717, 1.165) is 66.7 Å². The Kier molecular flexibility index (Phi) is 6.86. The lowest BCUT2D eigenvalue weighted by Crippen LogP contribution is -2.51. The van der Waals surface area contributed by atoms with Crippen LogP contribution in [0.3, 0.4) is 0 Å². The summed E-state index contributed by atoms with van der Waals surface area (Å²) in [6.45, 7) is 4.13. The van der Waals surface area contributed by atoms with Crippen LogP contribution >= 0.6 is 0 Å². The largest absolute Gasteiger partial charge is 0.353 e. The second kappa shape index (κ2) is 10.6. The number of fused-ring (bicyclic) bond motifs is 1. The van der Waals surface area contributed by atoms with Gasteiger partial charge in [0.25, 0.3) is 0 Å². The molecule has 6 rings (SSSR count). The van der Waals surface area contributed by atoms with Crippen molar-refractivity contribution in [3.63, 3.8) is 0 Å². The fraction of sp³-hybridized carbons (Fsp3) is 0.379. The number of rotatable bonds is 6. The Bertz CT molecular complexity index is 1480. The van der Waals surface area contributed by atoms with E-state index in [-0.39, 0.29) is 17.8 Å². The molecule has 1 atom stereocenters. The molecule has 0 saturated carbocycles. The molecule has 4 aromatic rings. The number of likely N-dealkylation sites (N-methyl/N-ethyl adjacent to an activating group) is 1. The SMILES string of the molecule is CN(C)CC(=O)N1CCN(c2cccc(-c3cnc4ccc(N5CCCC5c5cccc(F)c5)nn34)n2)CC1. The molecule has 0 spiro atoms. The number of hydrogen-bond acceptors (Lipinski definition) is 7. The van der Waals surface area contributed by atoms with E-state index in [1.807, 2.05) is 71.0 Å². The Labute approximate surface area is 227 Å². The summed E-state index contributed by atoms with van der Waals surface area (Å²) in [5.41, 5.74) is 3.32. The maximum atomic E-state index is 13.9. The molecule has 2 aliphatic rings. The summed E-state index contributed by atoms with van der Waals surface area (Å²) in [6, 6.07) is 16.9. The van der Waals surface area contributed by atoms with Gasteiger partial charge in [-0.3, -0.25) is 4.79 Å². The van der Waals surface area contributed by atoms with Gasteiger partial charge in [-0.25, -0.2) is 18.9 Å². The van der Waals surface area contributed by atoms with Crippen LogP contribution in [0.2, 0.25) is 0 Å². The number of piperazine rings is 1. The van der Waals surface area contributed by atoms with Gasteiger partial charge < -0.3 is 19.6 Å². The van der Waals surface area contributed by atoms with Crippen molar-refractivity contribution >= 4 is 23.2 Å². The Morgan fingerprint density at radius 1 is 1.00 bits per heavy atom. The van der Waals surface area contributed by atoms with Gasteiger partial charge in [0.05, 0.1) is 24.5 Å². The molecule has 5 heterocycles. The molecule has 0 N–H and O–H groups in total. The maximum absolute atomic E-state index is 13.9. The normalized spacial score (nSPS) is 17.9. The molecule has 0 bridgehead atoms. The van der Waals surface area contributed by atoms with Crippen LogP contribution in [0.5, 0.6) is 0 Å². The van der Waals surface area contributed by atoms with Gasteiger partial charge in [0.15, 0.2) is 5.65 Å². The Morgan fingerprint density at radius 2 is 1.82 bits per heavy atom. The van der Waals surface area contributed by atoms with Crippen LogP contribution in [0, 0.1) is 5.82 Å². The average Bonchev–Trinajstić information content (AvgIpc) is 3.60. The monoisotopic (exact) mass is 528 g/mol. The Balaban J connectivity index is 1.24. The summed E-state index contributed by atoms with van der Waals surface area (Å²) in [5.74, 6) is 1.66. The second-order valence-corrected chi connectivity index (χ2v) is 10.5. The minimum absolute atomic E-state index is 0.0855. The van der Waals surface area contributed by atoms with E-state index in [2.05, 4.69) is 14.8 Å². The topological polar surface area (TPSA) is 73.1 Å². The molecular weight excluding hydrogens is 495 g/mol. The fourth-order valence-electron chi connectivity index (χ4n) is 5.59. The summed E-state index contributed by atoms with van der Waals surface area (Å²) in [4.78, 5) is 30.3. The number of imidazole rings is 1. The van der Waals surface area contributed by atoms with E-state index >= 15 is 0 Å². The number of hydrogen-bond donors (Lipinski definition) is 0. The van der Waals surface area contributed by atoms with Crippen LogP contribution < -0.4 is 9.80 Å². The van der Waals surface area contributed by atoms with Gasteiger partial charge in [0, 0.05) is 32.7 Å². The minimum Gasteiger partial charge on any atom is -0.353 e. The Morgan fingerprint density at radius 3 is 2.62 bits per heavy atom. The second-order valence-electron chi connectivity index (χ2n) is 10.5. The van der Waals surface area contributed by atoms with Crippen LogP contribution in [-0.4, -0.2) is 88.7 Å². The quantitative estimate of drug-likeness (QED) is 0.379. The highest BCUT2D eigenvalue weighted by Crippen LogP contribution is 2.35. The zero-order chi connectivity index (χ0) is 26.9. The molecule has 9 nitrogen and oxygen atoms in total. The van der Waals surface area contributed by atoms with Crippen LogP contribution in [-0.2, 0) is 4.79 Å². The first kappa shape index (κ1) is 25.2. The number of pyridine rings is 1. The third kappa shape index (κ3) is 5.16. The fourth-order valence-corrected chi connectivity index (χ4v) is 5.59. The van der Waals surface area contributed by atoms with Gasteiger partial charge >= 0.3 is 0 Å². The third-order valence-electron chi connectivity index (χ3n) is 7.53. The van der Waals surface area contributed by atoms with Crippen molar-refractivity contribution in [3.8, 4) is 11.4 Å². The van der Waals surface area contributed by atoms with Gasteiger partial charge in [-0.2, -0.15) is 0 Å². The van der Waals surface area contributed by atoms with E-state index in [4.69, 9.17) is 10.1 Å². The van der Waals surface area contributed by atoms with Gasteiger partial charge in [0.2, 0.25) is 5.91 Å². The van der Waals surface area contributed by atoms with Crippen molar-refractivity contribution in [2.75, 3.05) is 63.2 Å². The molecule has 0 aliphatic carbocycles. The van der Waals surface area contributed by atoms with E-state index in [9.17, 15) is 9.18 Å². The predicted octanol–water partition coefficient (Wildman–Crippen LogP) is 3.48. The van der Waals surface area contributed by atoms with E-state index in [0.29, 0.717) is 19.6 Å². The molecule has 39 heavy (non-hydrogen) atoms. The standard InChI is InChI=1S/C29H33FN8O/c1-34(2)20-29(39)36-16-14-35(15-17-36)27-10-4-8-23(32-27)25-19-31-26-11-12-28(33-38(25)26)37-13-5-9-24(37)21-6-3-7-22(30)18-21/h3-4,6-8,10-12,18-19,24H,5,9,13-17,20H2,1-2H3. The van der Waals surface area contributed by atoms with Crippen molar-refractivity contribution in [1.82, 2.24) is 29.4 Å². The van der Waals surface area contributed by atoms with Crippen LogP contribution in [0.25, 0.3) is 17.0 Å². The molecule has 202 valence electrons. The molecule has 2 saturated heterocycles. The Hall–Kier alpha value is -4.05. The zero-order valence-corrected chi connectivity index (χ0v) is 22.4. The van der Waals surface area contributed by atoms with E-state index in [1.54, 1.807) is 12.1 Å². The number of halogens is 1. The number of carbonyl (C=O) groups is 1. The first-order valence-electron chi connectivity index (χ1n) is 13.5. The van der Waals surface area contributed by atoms with Crippen molar-refractivity contribution in [1.29, 1.82) is 0 Å². The molecule has 0 radical (unpaired) electrons. The molecule has 10 heteroatoms. The van der Waals surface area contributed by atoms with Gasteiger partial charge in [0.1, 0.15) is 23.1 Å². The van der Waals surface area contributed by atoms with Crippen LogP contribution in [0.1, 0.15) is 24.4 Å². The predicted molar refractivity (Wildman–Crippen MR) is 149 cm³/mol. The number of amides is 1. The highest BCUT2D eigenvalue weighted by molar-refractivity contribution is 5.78. The summed E-state index contributed by atoms with van der Waals surface area (Å²) in [5, 5.41) is 4.97. The maximum Gasteiger partial charge on any atom is 0.236 e. The average molecular weight is 529 g/mol. The van der Waals surface area contributed by atoms with Crippen molar-refractivity contribution in [2.45, 2.75) is 18.9 Å². The summed E-state index contributed by atoms with van der Waals surface area (Å²) < 4.78 is 15.8. The van der Waals surface area contributed by atoms with Crippen molar-refractivity contribution in [2.24, 2.45) is 0 Å². The van der Waals surface area contributed by atoms with Gasteiger partial charge in [-0.1, -0.05) is 18.2 Å². The van der Waals surface area contributed by atoms with Gasteiger partial charge in [-0.15, -0.1) is 5.10 Å². The molecule has 2 aliphatic heterocycles. The number of anilines is 2. The van der Waals surface area contributed by atoms with E-state index in [1.165, 1.54) is 6.07 Å². The molecule has 1 aromatic carbocycles. The van der Waals surface area contributed by atoms with E-state index < -0.39 is 0 Å². The number of nitrogens with zero attached hydrogens (tertiary/aromatic N) is 8. The lowest BCUT2D eigenvalue weighted by Gasteiger charge is -2.36. The summed E-state index contributed by atoms with van der Waals surface area (Å²) in [6.07, 6.45) is 3.79. The summed E-state index contributed by atoms with van der Waals surface area (Å²) in [7, 11) is 3.82. The minimum atomic E-state index is -0.216. The molecule has 2 fully saturated rings. The molecule has 3 aromatic heterocycles. The summed E-state index contributed by atoms with van der Waals surface area (Å²) >= 11 is 0. The number of carbonyl (C=O) groups excluding carboxylic acids is 1. The first-order chi connectivity index (χ1) is 19.0. The lowest BCUT2D eigenvalue weighted by atomic mass is 10.0. The van der Waals surface area contributed by atoms with Crippen molar-refractivity contribution in [3.05, 3.63) is 72.2 Å². The molecule has 1 amide bonds. The highest BCUT2D eigenvalue weighted by atomic mass is 19.1. The van der Waals surface area contributed by atoms with Gasteiger partial charge in [-0.05, 0) is 68.9 Å². The van der Waals surface area contributed by atoms with Crippen LogP contribution in [0.4, 0.5) is 16.0 Å².